The highest BCUT2D eigenvalue weighted by molar-refractivity contribution is 7.87. The third-order valence-electron chi connectivity index (χ3n) is 2.87. The molecule has 1 N–H and O–H groups in total. The Morgan fingerprint density at radius 1 is 1.35 bits per heavy atom. The van der Waals surface area contributed by atoms with Gasteiger partial charge >= 0.3 is 6.18 Å². The Labute approximate surface area is 113 Å². The largest absolute Gasteiger partial charge is 0.416 e. The minimum atomic E-state index is -4.56. The maximum atomic E-state index is 12.8. The van der Waals surface area contributed by atoms with Gasteiger partial charge in [-0.2, -0.15) is 30.6 Å². The van der Waals surface area contributed by atoms with Crippen LogP contribution in [0.25, 0.3) is 0 Å². The summed E-state index contributed by atoms with van der Waals surface area (Å²) in [5.41, 5.74) is -1.04. The summed E-state index contributed by atoms with van der Waals surface area (Å²) in [4.78, 5) is 10.6. The van der Waals surface area contributed by atoms with Crippen LogP contribution >= 0.6 is 0 Å². The van der Waals surface area contributed by atoms with E-state index in [1.165, 1.54) is 18.2 Å². The second-order valence-electron chi connectivity index (χ2n) is 4.31. The monoisotopic (exact) mass is 308 g/mol. The molecule has 0 amide bonds. The van der Waals surface area contributed by atoms with Crippen LogP contribution in [0.2, 0.25) is 0 Å². The average Bonchev–Trinajstić information content (AvgIpc) is 2.64. The van der Waals surface area contributed by atoms with E-state index < -0.39 is 34.5 Å². The van der Waals surface area contributed by atoms with Crippen LogP contribution in [-0.4, -0.2) is 31.6 Å². The van der Waals surface area contributed by atoms with Crippen molar-refractivity contribution < 1.29 is 26.4 Å². The average molecular weight is 308 g/mol. The molecule has 1 aliphatic heterocycles. The SMILES string of the molecule is O=CC1CN(Cc2ccccc2C(F)(F)F)S(=O)(=O)N1. The van der Waals surface area contributed by atoms with Gasteiger partial charge in [0.2, 0.25) is 0 Å². The summed E-state index contributed by atoms with van der Waals surface area (Å²) < 4.78 is 64.7. The zero-order valence-corrected chi connectivity index (χ0v) is 10.9. The molecule has 1 unspecified atom stereocenters. The number of benzene rings is 1. The first kappa shape index (κ1) is 14.9. The van der Waals surface area contributed by atoms with Crippen LogP contribution in [0.15, 0.2) is 24.3 Å². The lowest BCUT2D eigenvalue weighted by Gasteiger charge is -2.17. The lowest BCUT2D eigenvalue weighted by atomic mass is 10.1. The van der Waals surface area contributed by atoms with E-state index in [1.807, 2.05) is 0 Å². The van der Waals surface area contributed by atoms with Gasteiger partial charge in [-0.3, -0.25) is 0 Å². The highest BCUT2D eigenvalue weighted by atomic mass is 32.2. The van der Waals surface area contributed by atoms with Crippen LogP contribution < -0.4 is 4.72 Å². The first-order valence-electron chi connectivity index (χ1n) is 5.62. The van der Waals surface area contributed by atoms with E-state index in [9.17, 15) is 26.4 Å². The van der Waals surface area contributed by atoms with Gasteiger partial charge < -0.3 is 4.79 Å². The summed E-state index contributed by atoms with van der Waals surface area (Å²) in [5, 5.41) is 0. The summed E-state index contributed by atoms with van der Waals surface area (Å²) in [7, 11) is -3.92. The summed E-state index contributed by atoms with van der Waals surface area (Å²) in [6.07, 6.45) is -4.15. The third kappa shape index (κ3) is 3.00. The molecule has 1 aromatic carbocycles. The first-order valence-corrected chi connectivity index (χ1v) is 7.06. The number of rotatable bonds is 3. The normalized spacial score (nSPS) is 22.9. The maximum Gasteiger partial charge on any atom is 0.416 e. The molecule has 1 aromatic rings. The molecule has 2 rings (SSSR count). The molecule has 5 nitrogen and oxygen atoms in total. The highest BCUT2D eigenvalue weighted by Crippen LogP contribution is 2.32. The molecule has 1 atom stereocenters. The second-order valence-corrected chi connectivity index (χ2v) is 6.02. The smallest absolute Gasteiger partial charge is 0.302 e. The molecule has 1 aliphatic rings. The van der Waals surface area contributed by atoms with Gasteiger partial charge in [-0.1, -0.05) is 18.2 Å². The Kier molecular flexibility index (Phi) is 3.85. The Morgan fingerprint density at radius 3 is 2.55 bits per heavy atom. The van der Waals surface area contributed by atoms with Gasteiger partial charge in [-0.15, -0.1) is 0 Å². The predicted octanol–water partition coefficient (Wildman–Crippen LogP) is 0.923. The van der Waals surface area contributed by atoms with Crippen molar-refractivity contribution in [2.45, 2.75) is 18.8 Å². The number of nitrogens with one attached hydrogen (secondary N) is 1. The Bertz CT molecular complexity index is 616. The summed E-state index contributed by atoms with van der Waals surface area (Å²) in [5.74, 6) is 0. The van der Waals surface area contributed by atoms with Gasteiger partial charge in [0.15, 0.2) is 0 Å². The molecule has 1 heterocycles. The molecule has 1 saturated heterocycles. The van der Waals surface area contributed by atoms with Crippen LogP contribution in [0, 0.1) is 0 Å². The van der Waals surface area contributed by atoms with Gasteiger partial charge in [0, 0.05) is 13.1 Å². The molecule has 1 fully saturated rings. The zero-order valence-electron chi connectivity index (χ0n) is 10.1. The number of carbonyl (C=O) groups excluding carboxylic acids is 1. The summed E-state index contributed by atoms with van der Waals surface area (Å²) in [6.45, 7) is -0.618. The number of carbonyl (C=O) groups is 1. The standard InChI is InChI=1S/C11H11F3N2O3S/c12-11(13,14)10-4-2-1-3-8(10)5-16-6-9(7-17)15-20(16,18)19/h1-4,7,9,15H,5-6H2. The van der Waals surface area contributed by atoms with Crippen molar-refractivity contribution in [3.63, 3.8) is 0 Å². The van der Waals surface area contributed by atoms with E-state index in [0.29, 0.717) is 6.29 Å². The number of halogens is 3. The van der Waals surface area contributed by atoms with Crippen LogP contribution in [0.5, 0.6) is 0 Å². The third-order valence-corrected chi connectivity index (χ3v) is 4.43. The number of alkyl halides is 3. The Balaban J connectivity index is 2.30. The zero-order chi connectivity index (χ0) is 15.0. The van der Waals surface area contributed by atoms with Crippen molar-refractivity contribution in [1.82, 2.24) is 9.03 Å². The van der Waals surface area contributed by atoms with Crippen LogP contribution in [0.3, 0.4) is 0 Å². The lowest BCUT2D eigenvalue weighted by Crippen LogP contribution is -2.30. The van der Waals surface area contributed by atoms with Gasteiger partial charge in [0.05, 0.1) is 11.6 Å². The van der Waals surface area contributed by atoms with E-state index in [-0.39, 0.29) is 12.1 Å². The molecule has 0 aliphatic carbocycles. The van der Waals surface area contributed by atoms with Crippen LogP contribution in [0.1, 0.15) is 11.1 Å². The van der Waals surface area contributed by atoms with Crippen LogP contribution in [0.4, 0.5) is 13.2 Å². The van der Waals surface area contributed by atoms with Crippen molar-refractivity contribution >= 4 is 16.5 Å². The fourth-order valence-corrected chi connectivity index (χ4v) is 3.29. The molecule has 110 valence electrons. The van der Waals surface area contributed by atoms with Gasteiger partial charge in [-0.05, 0) is 11.6 Å². The van der Waals surface area contributed by atoms with E-state index in [0.717, 1.165) is 10.4 Å². The number of hydrogen-bond donors (Lipinski definition) is 1. The minimum Gasteiger partial charge on any atom is -0.302 e. The number of hydrogen-bond acceptors (Lipinski definition) is 3. The predicted molar refractivity (Wildman–Crippen MR) is 63.8 cm³/mol. The fourth-order valence-electron chi connectivity index (χ4n) is 1.97. The molecule has 0 aromatic heterocycles. The van der Waals surface area contributed by atoms with Gasteiger partial charge in [0.25, 0.3) is 10.2 Å². The van der Waals surface area contributed by atoms with E-state index >= 15 is 0 Å². The summed E-state index contributed by atoms with van der Waals surface area (Å²) in [6, 6.07) is 3.81. The Hall–Kier alpha value is -1.45. The minimum absolute atomic E-state index is 0.156. The molecule has 0 bridgehead atoms. The molecule has 9 heteroatoms. The Morgan fingerprint density at radius 2 is 2.00 bits per heavy atom. The summed E-state index contributed by atoms with van der Waals surface area (Å²) >= 11 is 0. The number of aldehydes is 1. The molecule has 0 saturated carbocycles. The van der Waals surface area contributed by atoms with Gasteiger partial charge in [-0.25, -0.2) is 0 Å². The van der Waals surface area contributed by atoms with E-state index in [1.54, 1.807) is 0 Å². The topological polar surface area (TPSA) is 66.5 Å². The quantitative estimate of drug-likeness (QED) is 0.845. The molecular weight excluding hydrogens is 297 g/mol. The highest BCUT2D eigenvalue weighted by Gasteiger charge is 2.38. The van der Waals surface area contributed by atoms with Crippen molar-refractivity contribution in [3.8, 4) is 0 Å². The van der Waals surface area contributed by atoms with Gasteiger partial charge in [0.1, 0.15) is 6.29 Å². The molecule has 0 radical (unpaired) electrons. The molecule has 0 spiro atoms. The maximum absolute atomic E-state index is 12.8. The van der Waals surface area contributed by atoms with E-state index in [4.69, 9.17) is 0 Å². The molecular formula is C11H11F3N2O3S. The lowest BCUT2D eigenvalue weighted by molar-refractivity contribution is -0.138. The van der Waals surface area contributed by atoms with Crippen molar-refractivity contribution in [2.75, 3.05) is 6.54 Å². The first-order chi connectivity index (χ1) is 9.24. The number of nitrogens with zero attached hydrogens (tertiary/aromatic N) is 1. The van der Waals surface area contributed by atoms with Crippen molar-refractivity contribution in [2.24, 2.45) is 0 Å². The van der Waals surface area contributed by atoms with Crippen molar-refractivity contribution in [1.29, 1.82) is 0 Å². The second kappa shape index (κ2) is 5.15. The molecule has 20 heavy (non-hydrogen) atoms. The van der Waals surface area contributed by atoms with Crippen LogP contribution in [-0.2, 0) is 27.7 Å². The van der Waals surface area contributed by atoms with Crippen molar-refractivity contribution in [3.05, 3.63) is 35.4 Å². The fraction of sp³-hybridized carbons (Fsp3) is 0.364. The van der Waals surface area contributed by atoms with E-state index in [2.05, 4.69) is 4.72 Å².